The minimum Gasteiger partial charge on any atom is -0.495 e. The normalized spacial score (nSPS) is 29.7. The number of epoxide rings is 1. The standard InChI is InChI=1S/C42H55ClN4O10S2/c1-24-13-12-14-32(54-9)42(52)23-31(55-40(51)45-42)26(3)38-41(5,57-38)33(22-36(49)47(7)29-20-28(19-24)21-30(53-8)37(29)43)56-39(50)27(4)46(6)35(48)17-16-25(2)58-59-34-15-10-11-18-44-34/h10-15,18,20-21,25-27,31-33,38,52H,16-17,19,22-23H2,1-9H3,(H,45,51)/b14-12+,24-13+/t25?,26-,27+,31+,32-,33+,38+,41+,42+/m1/s1. The number of amides is 3. The Labute approximate surface area is 359 Å². The molecule has 2 fully saturated rings. The van der Waals surface area contributed by atoms with E-state index in [9.17, 15) is 24.3 Å². The Hall–Kier alpha value is -3.80. The first-order valence-corrected chi connectivity index (χ1v) is 22.1. The van der Waals surface area contributed by atoms with Crippen molar-refractivity contribution < 1.29 is 48.0 Å². The van der Waals surface area contributed by atoms with Crippen LogP contribution in [0, 0.1) is 5.92 Å². The predicted octanol–water partition coefficient (Wildman–Crippen LogP) is 6.52. The molecule has 5 rings (SSSR count). The molecule has 3 aliphatic heterocycles. The van der Waals surface area contributed by atoms with E-state index in [-0.39, 0.29) is 35.4 Å². The fourth-order valence-corrected chi connectivity index (χ4v) is 9.70. The molecule has 0 radical (unpaired) electrons. The van der Waals surface area contributed by atoms with Gasteiger partial charge in [0.05, 0.1) is 25.3 Å². The van der Waals surface area contributed by atoms with Gasteiger partial charge in [-0.3, -0.25) is 14.9 Å². The van der Waals surface area contributed by atoms with Crippen molar-refractivity contribution in [3.05, 3.63) is 70.9 Å². The smallest absolute Gasteiger partial charge is 0.409 e. The lowest BCUT2D eigenvalue weighted by molar-refractivity contribution is -0.162. The highest BCUT2D eigenvalue weighted by Gasteiger charge is 2.64. The van der Waals surface area contributed by atoms with Gasteiger partial charge in [0.1, 0.15) is 45.8 Å². The van der Waals surface area contributed by atoms with Crippen molar-refractivity contribution >= 4 is 62.8 Å². The zero-order valence-corrected chi connectivity index (χ0v) is 37.3. The summed E-state index contributed by atoms with van der Waals surface area (Å²) in [6, 6.07) is 8.29. The molecule has 3 amide bonds. The third kappa shape index (κ3) is 11.1. The van der Waals surface area contributed by atoms with Crippen molar-refractivity contribution in [3.63, 3.8) is 0 Å². The second kappa shape index (κ2) is 19.7. The van der Waals surface area contributed by atoms with E-state index in [2.05, 4.69) is 10.3 Å². The summed E-state index contributed by atoms with van der Waals surface area (Å²) >= 11 is 6.80. The maximum atomic E-state index is 14.2. The van der Waals surface area contributed by atoms with Gasteiger partial charge < -0.3 is 38.6 Å². The van der Waals surface area contributed by atoms with Gasteiger partial charge in [0.2, 0.25) is 11.8 Å². The van der Waals surface area contributed by atoms with Crippen LogP contribution in [-0.2, 0) is 39.8 Å². The number of esters is 1. The zero-order valence-electron chi connectivity index (χ0n) is 34.9. The van der Waals surface area contributed by atoms with Crippen LogP contribution in [0.3, 0.4) is 0 Å². The zero-order chi connectivity index (χ0) is 43.2. The first-order chi connectivity index (χ1) is 27.9. The molecule has 4 bridgehead atoms. The number of likely N-dealkylation sites (N-methyl/N-ethyl adjacent to an activating group) is 1. The summed E-state index contributed by atoms with van der Waals surface area (Å²) in [7, 11) is 9.22. The van der Waals surface area contributed by atoms with Gasteiger partial charge in [0, 0.05) is 51.4 Å². The van der Waals surface area contributed by atoms with E-state index in [0.29, 0.717) is 24.3 Å². The van der Waals surface area contributed by atoms with Crippen molar-refractivity contribution in [3.8, 4) is 5.75 Å². The number of carbonyl (C=O) groups is 4. The molecule has 0 aliphatic carbocycles. The third-order valence-electron chi connectivity index (χ3n) is 11.2. The maximum absolute atomic E-state index is 14.2. The second-order valence-electron chi connectivity index (χ2n) is 15.6. The van der Waals surface area contributed by atoms with Gasteiger partial charge in [0.15, 0.2) is 5.72 Å². The van der Waals surface area contributed by atoms with Gasteiger partial charge >= 0.3 is 12.1 Å². The van der Waals surface area contributed by atoms with Gasteiger partial charge in [-0.2, -0.15) is 0 Å². The topological polar surface area (TPSA) is 169 Å². The number of aromatic nitrogens is 1. The molecule has 0 saturated carbocycles. The van der Waals surface area contributed by atoms with Crippen LogP contribution >= 0.6 is 33.2 Å². The third-order valence-corrected chi connectivity index (χ3v) is 14.5. The number of ether oxygens (including phenoxy) is 5. The summed E-state index contributed by atoms with van der Waals surface area (Å²) in [6.45, 7) is 9.07. The summed E-state index contributed by atoms with van der Waals surface area (Å²) in [6.07, 6.45) is 3.41. The van der Waals surface area contributed by atoms with Gasteiger partial charge in [0.25, 0.3) is 0 Å². The van der Waals surface area contributed by atoms with Crippen molar-refractivity contribution in [2.45, 2.75) is 119 Å². The number of anilines is 1. The molecule has 322 valence electrons. The fraction of sp³-hybridized carbons (Fsp3) is 0.548. The highest BCUT2D eigenvalue weighted by Crippen LogP contribution is 2.49. The van der Waals surface area contributed by atoms with Crippen molar-refractivity contribution in [1.82, 2.24) is 15.2 Å². The number of halogens is 1. The Morgan fingerprint density at radius 2 is 1.97 bits per heavy atom. The first kappa shape index (κ1) is 46.3. The minimum absolute atomic E-state index is 0.0550. The summed E-state index contributed by atoms with van der Waals surface area (Å²) in [4.78, 5) is 61.5. The number of pyridine rings is 1. The van der Waals surface area contributed by atoms with Crippen LogP contribution in [-0.4, -0.2) is 114 Å². The fourth-order valence-electron chi connectivity index (χ4n) is 7.30. The molecule has 1 aromatic heterocycles. The molecule has 59 heavy (non-hydrogen) atoms. The Morgan fingerprint density at radius 3 is 2.64 bits per heavy atom. The van der Waals surface area contributed by atoms with Crippen molar-refractivity contribution in [2.75, 3.05) is 33.2 Å². The van der Waals surface area contributed by atoms with Crippen LogP contribution in [0.5, 0.6) is 5.75 Å². The number of carbonyl (C=O) groups excluding carboxylic acids is 4. The molecule has 2 saturated heterocycles. The summed E-state index contributed by atoms with van der Waals surface area (Å²) in [5.41, 5.74) is -0.940. The number of aliphatic hydroxyl groups is 1. The lowest BCUT2D eigenvalue weighted by Gasteiger charge is -2.42. The van der Waals surface area contributed by atoms with Crippen molar-refractivity contribution in [2.24, 2.45) is 5.92 Å². The maximum Gasteiger partial charge on any atom is 0.409 e. The molecule has 3 aliphatic rings. The highest BCUT2D eigenvalue weighted by atomic mass is 35.5. The number of methoxy groups -OCH3 is 2. The number of rotatable bonds is 11. The Morgan fingerprint density at radius 1 is 1.22 bits per heavy atom. The van der Waals surface area contributed by atoms with E-state index in [1.54, 1.807) is 86.9 Å². The molecule has 0 spiro atoms. The predicted molar refractivity (Wildman–Crippen MR) is 227 cm³/mol. The second-order valence-corrected chi connectivity index (χ2v) is 18.6. The number of benzene rings is 1. The number of hydrogen-bond donors (Lipinski definition) is 2. The number of allylic oxidation sites excluding steroid dienone is 3. The van der Waals surface area contributed by atoms with Crippen LogP contribution in [0.25, 0.3) is 0 Å². The van der Waals surface area contributed by atoms with E-state index in [0.717, 1.165) is 16.2 Å². The van der Waals surface area contributed by atoms with Crippen LogP contribution in [0.1, 0.15) is 65.9 Å². The molecular formula is C42H55ClN4O10S2. The molecular weight excluding hydrogens is 820 g/mol. The summed E-state index contributed by atoms with van der Waals surface area (Å²) < 4.78 is 29.4. The number of nitrogens with zero attached hydrogens (tertiary/aromatic N) is 3. The molecule has 1 unspecified atom stereocenters. The van der Waals surface area contributed by atoms with E-state index in [4.69, 9.17) is 35.3 Å². The van der Waals surface area contributed by atoms with E-state index >= 15 is 0 Å². The SMILES string of the molecule is COc1cc2cc(c1Cl)N(C)C(=O)C[C@H](OC(=O)[C@H](C)N(C)C(=O)CCC(C)SSc1ccccn1)[C@]1(C)O[C@H]1[C@H](C)[C@@H]1C[C@@](O)(NC(=O)O1)[C@H](OC)/C=C/C=C(\C)C2. The molecule has 2 N–H and O–H groups in total. The number of alkyl carbamates (subject to hydrolysis) is 1. The van der Waals surface area contributed by atoms with E-state index in [1.165, 1.54) is 24.0 Å². The van der Waals surface area contributed by atoms with E-state index < -0.39 is 65.7 Å². The minimum atomic E-state index is -1.83. The number of hydrogen-bond acceptors (Lipinski definition) is 13. The molecule has 1 aromatic carbocycles. The van der Waals surface area contributed by atoms with Gasteiger partial charge in [-0.15, -0.1) is 0 Å². The largest absolute Gasteiger partial charge is 0.495 e. The number of nitrogens with one attached hydrogen (secondary N) is 1. The van der Waals surface area contributed by atoms with Gasteiger partial charge in [-0.25, -0.2) is 14.6 Å². The molecule has 2 aromatic rings. The van der Waals surface area contributed by atoms with Gasteiger partial charge in [-0.1, -0.05) is 66.1 Å². The quantitative estimate of drug-likeness (QED) is 0.142. The lowest BCUT2D eigenvalue weighted by Crippen LogP contribution is -2.63. The first-order valence-electron chi connectivity index (χ1n) is 19.5. The van der Waals surface area contributed by atoms with Crippen LogP contribution in [0.15, 0.2) is 65.4 Å². The molecule has 4 heterocycles. The summed E-state index contributed by atoms with van der Waals surface area (Å²) in [5, 5.41) is 15.5. The van der Waals surface area contributed by atoms with Crippen LogP contribution in [0.2, 0.25) is 5.02 Å². The monoisotopic (exact) mass is 874 g/mol. The van der Waals surface area contributed by atoms with Crippen molar-refractivity contribution in [1.29, 1.82) is 0 Å². The molecule has 9 atom stereocenters. The van der Waals surface area contributed by atoms with Crippen LogP contribution in [0.4, 0.5) is 10.5 Å². The molecule has 17 heteroatoms. The Kier molecular flexibility index (Phi) is 15.5. The van der Waals surface area contributed by atoms with Gasteiger partial charge in [-0.05, 0) is 74.2 Å². The lowest BCUT2D eigenvalue weighted by atomic mass is 9.83. The average Bonchev–Trinajstić information content (AvgIpc) is 3.91. The van der Waals surface area contributed by atoms with Crippen LogP contribution < -0.4 is 15.0 Å². The highest BCUT2D eigenvalue weighted by molar-refractivity contribution is 8.76. The van der Waals surface area contributed by atoms with E-state index in [1.807, 2.05) is 38.1 Å². The number of fused-ring (bicyclic) bond motifs is 5. The average molecular weight is 876 g/mol. The summed E-state index contributed by atoms with van der Waals surface area (Å²) in [5.74, 6) is -1.56. The Balaban J connectivity index is 1.40. The Bertz CT molecular complexity index is 1920. The molecule has 14 nitrogen and oxygen atoms in total.